The highest BCUT2D eigenvalue weighted by Crippen LogP contribution is 2.25. The summed E-state index contributed by atoms with van der Waals surface area (Å²) in [5.41, 5.74) is 3.94. The molecule has 28 heavy (non-hydrogen) atoms. The standard InChI is InChI=1S/C22H30N4O2/c1-6-24-14-21(27)25(20(22(24)28)11-15(2)3)13-18-9-7-8-10-19(18)26-17(5)12-16(4)23-26/h7-10,12,15,20H,6,11,13-14H2,1-5H3/t20-/m0/s1. The summed E-state index contributed by atoms with van der Waals surface area (Å²) in [6.45, 7) is 11.2. The van der Waals surface area contributed by atoms with E-state index in [2.05, 4.69) is 18.9 Å². The van der Waals surface area contributed by atoms with Crippen LogP contribution >= 0.6 is 0 Å². The van der Waals surface area contributed by atoms with Gasteiger partial charge in [0.15, 0.2) is 0 Å². The third kappa shape index (κ3) is 3.96. The number of piperazine rings is 1. The quantitative estimate of drug-likeness (QED) is 0.771. The lowest BCUT2D eigenvalue weighted by atomic mass is 9.98. The minimum atomic E-state index is -0.408. The fourth-order valence-corrected chi connectivity index (χ4v) is 3.90. The Morgan fingerprint density at radius 2 is 1.89 bits per heavy atom. The van der Waals surface area contributed by atoms with Crippen LogP contribution < -0.4 is 0 Å². The van der Waals surface area contributed by atoms with Gasteiger partial charge in [0, 0.05) is 18.8 Å². The molecule has 1 saturated heterocycles. The number of carbonyl (C=O) groups is 2. The molecular weight excluding hydrogens is 352 g/mol. The van der Waals surface area contributed by atoms with Crippen molar-refractivity contribution >= 4 is 11.8 Å². The normalized spacial score (nSPS) is 17.7. The minimum Gasteiger partial charge on any atom is -0.332 e. The molecule has 6 heteroatoms. The lowest BCUT2D eigenvalue weighted by Crippen LogP contribution is -2.59. The van der Waals surface area contributed by atoms with Crippen LogP contribution in [0.3, 0.4) is 0 Å². The van der Waals surface area contributed by atoms with E-state index in [1.165, 1.54) is 0 Å². The van der Waals surface area contributed by atoms with Crippen LogP contribution in [0.25, 0.3) is 5.69 Å². The third-order valence-corrected chi connectivity index (χ3v) is 5.27. The maximum absolute atomic E-state index is 13.0. The predicted molar refractivity (Wildman–Crippen MR) is 109 cm³/mol. The molecule has 1 aliphatic heterocycles. The van der Waals surface area contributed by atoms with E-state index in [4.69, 9.17) is 0 Å². The number of aryl methyl sites for hydroxylation is 2. The van der Waals surface area contributed by atoms with Crippen molar-refractivity contribution in [1.82, 2.24) is 19.6 Å². The van der Waals surface area contributed by atoms with Gasteiger partial charge < -0.3 is 9.80 Å². The number of benzene rings is 1. The van der Waals surface area contributed by atoms with Crippen LogP contribution in [-0.2, 0) is 16.1 Å². The zero-order valence-corrected chi connectivity index (χ0v) is 17.5. The molecule has 6 nitrogen and oxygen atoms in total. The van der Waals surface area contributed by atoms with Crippen molar-refractivity contribution in [2.24, 2.45) is 5.92 Å². The van der Waals surface area contributed by atoms with Gasteiger partial charge in [-0.05, 0) is 50.8 Å². The number of hydrogen-bond acceptors (Lipinski definition) is 3. The van der Waals surface area contributed by atoms with Crippen molar-refractivity contribution in [2.75, 3.05) is 13.1 Å². The zero-order valence-electron chi connectivity index (χ0n) is 17.5. The number of aromatic nitrogens is 2. The average Bonchev–Trinajstić information content (AvgIpc) is 2.99. The van der Waals surface area contributed by atoms with Crippen molar-refractivity contribution in [2.45, 2.75) is 53.6 Å². The molecule has 1 aromatic carbocycles. The van der Waals surface area contributed by atoms with Crippen LogP contribution in [0.15, 0.2) is 30.3 Å². The third-order valence-electron chi connectivity index (χ3n) is 5.27. The molecule has 1 aliphatic rings. The number of amides is 2. The molecule has 1 atom stereocenters. The molecule has 0 aliphatic carbocycles. The molecule has 150 valence electrons. The Morgan fingerprint density at radius 3 is 2.50 bits per heavy atom. The van der Waals surface area contributed by atoms with Crippen LogP contribution in [-0.4, -0.2) is 50.5 Å². The molecule has 0 saturated carbocycles. The molecule has 2 amide bonds. The fourth-order valence-electron chi connectivity index (χ4n) is 3.90. The van der Waals surface area contributed by atoms with E-state index in [9.17, 15) is 9.59 Å². The smallest absolute Gasteiger partial charge is 0.245 e. The van der Waals surface area contributed by atoms with E-state index in [0.717, 1.165) is 22.6 Å². The van der Waals surface area contributed by atoms with Gasteiger partial charge in [-0.15, -0.1) is 0 Å². The van der Waals surface area contributed by atoms with E-state index in [1.807, 2.05) is 55.8 Å². The number of para-hydroxylation sites is 1. The molecule has 1 aromatic heterocycles. The zero-order chi connectivity index (χ0) is 20.4. The Morgan fingerprint density at radius 1 is 1.18 bits per heavy atom. The van der Waals surface area contributed by atoms with E-state index >= 15 is 0 Å². The second-order valence-corrected chi connectivity index (χ2v) is 7.99. The van der Waals surface area contributed by atoms with Crippen LogP contribution in [0.5, 0.6) is 0 Å². The minimum absolute atomic E-state index is 0.00951. The lowest BCUT2D eigenvalue weighted by molar-refractivity contribution is -0.157. The summed E-state index contributed by atoms with van der Waals surface area (Å²) >= 11 is 0. The largest absolute Gasteiger partial charge is 0.332 e. The number of nitrogens with zero attached hydrogens (tertiary/aromatic N) is 4. The summed E-state index contributed by atoms with van der Waals surface area (Å²) in [4.78, 5) is 29.3. The Kier molecular flexibility index (Phi) is 5.87. The van der Waals surface area contributed by atoms with E-state index < -0.39 is 6.04 Å². The first-order valence-corrected chi connectivity index (χ1v) is 10.0. The maximum Gasteiger partial charge on any atom is 0.245 e. The van der Waals surface area contributed by atoms with E-state index in [0.29, 0.717) is 25.4 Å². The van der Waals surface area contributed by atoms with Crippen molar-refractivity contribution in [3.8, 4) is 5.69 Å². The highest BCUT2D eigenvalue weighted by Gasteiger charge is 2.39. The number of likely N-dealkylation sites (N-methyl/N-ethyl adjacent to an activating group) is 1. The first kappa shape index (κ1) is 20.1. The van der Waals surface area contributed by atoms with E-state index in [1.54, 1.807) is 9.80 Å². The van der Waals surface area contributed by atoms with E-state index in [-0.39, 0.29) is 18.4 Å². The summed E-state index contributed by atoms with van der Waals surface area (Å²) in [7, 11) is 0. The average molecular weight is 383 g/mol. The van der Waals surface area contributed by atoms with Gasteiger partial charge in [-0.2, -0.15) is 5.10 Å². The summed E-state index contributed by atoms with van der Waals surface area (Å²) in [5, 5.41) is 4.60. The summed E-state index contributed by atoms with van der Waals surface area (Å²) in [6, 6.07) is 9.60. The SMILES string of the molecule is CCN1CC(=O)N(Cc2ccccc2-n2nc(C)cc2C)[C@@H](CC(C)C)C1=O. The van der Waals surface area contributed by atoms with Gasteiger partial charge in [0.2, 0.25) is 11.8 Å². The van der Waals surface area contributed by atoms with Crippen LogP contribution in [0.4, 0.5) is 0 Å². The molecule has 0 spiro atoms. The molecule has 0 unspecified atom stereocenters. The van der Waals surface area contributed by atoms with Crippen LogP contribution in [0.1, 0.15) is 44.1 Å². The molecular formula is C22H30N4O2. The fraction of sp³-hybridized carbons (Fsp3) is 0.500. The number of hydrogen-bond donors (Lipinski definition) is 0. The highest BCUT2D eigenvalue weighted by molar-refractivity contribution is 5.94. The van der Waals surface area contributed by atoms with Crippen molar-refractivity contribution in [3.63, 3.8) is 0 Å². The predicted octanol–water partition coefficient (Wildman–Crippen LogP) is 3.09. The Hall–Kier alpha value is -2.63. The van der Waals surface area contributed by atoms with Gasteiger partial charge in [0.1, 0.15) is 6.04 Å². The van der Waals surface area contributed by atoms with Gasteiger partial charge in [0.05, 0.1) is 17.9 Å². The molecule has 0 N–H and O–H groups in total. The molecule has 2 heterocycles. The molecule has 3 rings (SSSR count). The van der Waals surface area contributed by atoms with Gasteiger partial charge in [0.25, 0.3) is 0 Å². The van der Waals surface area contributed by atoms with Crippen LogP contribution in [0, 0.1) is 19.8 Å². The van der Waals surface area contributed by atoms with Gasteiger partial charge in [-0.1, -0.05) is 32.0 Å². The van der Waals surface area contributed by atoms with Crippen molar-refractivity contribution < 1.29 is 9.59 Å². The van der Waals surface area contributed by atoms with Crippen molar-refractivity contribution in [3.05, 3.63) is 47.3 Å². The van der Waals surface area contributed by atoms with Gasteiger partial charge >= 0.3 is 0 Å². The summed E-state index contributed by atoms with van der Waals surface area (Å²) < 4.78 is 1.91. The topological polar surface area (TPSA) is 58.4 Å². The summed E-state index contributed by atoms with van der Waals surface area (Å²) in [6.07, 6.45) is 0.670. The molecule has 0 bridgehead atoms. The van der Waals surface area contributed by atoms with Gasteiger partial charge in [-0.3, -0.25) is 9.59 Å². The second kappa shape index (κ2) is 8.17. The molecule has 1 fully saturated rings. The first-order valence-electron chi connectivity index (χ1n) is 10.0. The Bertz CT molecular complexity index is 871. The number of carbonyl (C=O) groups excluding carboxylic acids is 2. The number of rotatable bonds is 6. The lowest BCUT2D eigenvalue weighted by Gasteiger charge is -2.41. The summed E-state index contributed by atoms with van der Waals surface area (Å²) in [5.74, 6) is 0.391. The van der Waals surface area contributed by atoms with Crippen molar-refractivity contribution in [1.29, 1.82) is 0 Å². The van der Waals surface area contributed by atoms with Crippen LogP contribution in [0.2, 0.25) is 0 Å². The Balaban J connectivity index is 1.96. The molecule has 0 radical (unpaired) electrons. The second-order valence-electron chi connectivity index (χ2n) is 7.99. The molecule has 2 aromatic rings. The first-order chi connectivity index (χ1) is 13.3. The van der Waals surface area contributed by atoms with Gasteiger partial charge in [-0.25, -0.2) is 4.68 Å². The monoisotopic (exact) mass is 382 g/mol. The Labute approximate surface area is 167 Å². The highest BCUT2D eigenvalue weighted by atomic mass is 16.2. The maximum atomic E-state index is 13.0.